The molecule has 0 heterocycles. The van der Waals surface area contributed by atoms with Crippen molar-refractivity contribution in [1.82, 2.24) is 5.32 Å². The van der Waals surface area contributed by atoms with Gasteiger partial charge in [0.1, 0.15) is 5.75 Å². The van der Waals surface area contributed by atoms with Crippen LogP contribution in [0.1, 0.15) is 43.4 Å². The van der Waals surface area contributed by atoms with Crippen LogP contribution in [0.4, 0.5) is 0 Å². The molecule has 17 heavy (non-hydrogen) atoms. The summed E-state index contributed by atoms with van der Waals surface area (Å²) in [7, 11) is 1.99. The molecule has 1 N–H and O–H groups in total. The van der Waals surface area contributed by atoms with Gasteiger partial charge in [0, 0.05) is 6.04 Å². The second-order valence-corrected chi connectivity index (χ2v) is 5.12. The van der Waals surface area contributed by atoms with Crippen LogP contribution < -0.4 is 10.1 Å². The summed E-state index contributed by atoms with van der Waals surface area (Å²) in [6.07, 6.45) is 4.02. The van der Waals surface area contributed by atoms with Crippen LogP contribution in [0.25, 0.3) is 0 Å². The lowest BCUT2D eigenvalue weighted by Gasteiger charge is -2.14. The van der Waals surface area contributed by atoms with Crippen LogP contribution in [0.5, 0.6) is 5.75 Å². The van der Waals surface area contributed by atoms with Crippen LogP contribution in [-0.2, 0) is 0 Å². The first-order valence-corrected chi connectivity index (χ1v) is 6.61. The minimum atomic E-state index is 0.397. The van der Waals surface area contributed by atoms with Crippen molar-refractivity contribution >= 4 is 0 Å². The lowest BCUT2D eigenvalue weighted by molar-refractivity contribution is 0.300. The summed E-state index contributed by atoms with van der Waals surface area (Å²) < 4.78 is 5.84. The number of ether oxygens (including phenoxy) is 1. The van der Waals surface area contributed by atoms with Crippen molar-refractivity contribution < 1.29 is 4.74 Å². The molecular weight excluding hydrogens is 210 g/mol. The zero-order chi connectivity index (χ0) is 12.3. The highest BCUT2D eigenvalue weighted by Crippen LogP contribution is 2.32. The Bertz CT molecular complexity index is 371. The Morgan fingerprint density at radius 1 is 1.41 bits per heavy atom. The molecule has 1 aliphatic rings. The van der Waals surface area contributed by atoms with E-state index in [-0.39, 0.29) is 0 Å². The van der Waals surface area contributed by atoms with Crippen LogP contribution in [-0.4, -0.2) is 13.7 Å². The average Bonchev–Trinajstić information content (AvgIpc) is 3.14. The maximum atomic E-state index is 5.84. The Morgan fingerprint density at radius 2 is 2.18 bits per heavy atom. The number of benzene rings is 1. The van der Waals surface area contributed by atoms with E-state index in [2.05, 4.69) is 37.4 Å². The van der Waals surface area contributed by atoms with Crippen LogP contribution in [0.3, 0.4) is 0 Å². The predicted molar refractivity (Wildman–Crippen MR) is 71.5 cm³/mol. The highest BCUT2D eigenvalue weighted by molar-refractivity contribution is 5.37. The van der Waals surface area contributed by atoms with Gasteiger partial charge < -0.3 is 10.1 Å². The second kappa shape index (κ2) is 5.54. The summed E-state index contributed by atoms with van der Waals surface area (Å²) in [5.41, 5.74) is 2.56. The monoisotopic (exact) mass is 233 g/mol. The van der Waals surface area contributed by atoms with Gasteiger partial charge in [-0.2, -0.15) is 0 Å². The van der Waals surface area contributed by atoms with Gasteiger partial charge in [-0.3, -0.25) is 0 Å². The van der Waals surface area contributed by atoms with Crippen molar-refractivity contribution in [3.8, 4) is 5.75 Å². The minimum absolute atomic E-state index is 0.397. The van der Waals surface area contributed by atoms with Crippen molar-refractivity contribution in [1.29, 1.82) is 0 Å². The maximum Gasteiger partial charge on any atom is 0.122 e. The van der Waals surface area contributed by atoms with Crippen LogP contribution in [0.2, 0.25) is 0 Å². The summed E-state index contributed by atoms with van der Waals surface area (Å²) in [5.74, 6) is 1.98. The number of aryl methyl sites for hydroxylation is 1. The molecule has 0 bridgehead atoms. The smallest absolute Gasteiger partial charge is 0.122 e. The fraction of sp³-hybridized carbons (Fsp3) is 0.600. The van der Waals surface area contributed by atoms with Crippen LogP contribution in [0, 0.1) is 12.8 Å². The van der Waals surface area contributed by atoms with Crippen molar-refractivity contribution in [2.24, 2.45) is 5.92 Å². The first-order chi connectivity index (χ1) is 8.20. The van der Waals surface area contributed by atoms with Crippen molar-refractivity contribution in [3.63, 3.8) is 0 Å². The molecule has 0 spiro atoms. The van der Waals surface area contributed by atoms with Gasteiger partial charge >= 0.3 is 0 Å². The first kappa shape index (κ1) is 12.4. The maximum absolute atomic E-state index is 5.84. The van der Waals surface area contributed by atoms with E-state index in [0.717, 1.165) is 18.3 Å². The third kappa shape index (κ3) is 3.47. The van der Waals surface area contributed by atoms with Gasteiger partial charge in [0.05, 0.1) is 6.61 Å². The summed E-state index contributed by atoms with van der Waals surface area (Å²) in [5, 5.41) is 3.25. The zero-order valence-electron chi connectivity index (χ0n) is 11.1. The molecular formula is C15H23NO. The molecule has 1 aromatic carbocycles. The van der Waals surface area contributed by atoms with Gasteiger partial charge in [0.2, 0.25) is 0 Å². The standard InChI is InChI=1S/C15H23NO/c1-11-10-14(12(2)16-3)6-7-15(11)17-9-8-13-4-5-13/h6-7,10,12-13,16H,4-5,8-9H2,1-3H3. The molecule has 1 unspecified atom stereocenters. The molecule has 1 aromatic rings. The molecule has 0 aliphatic heterocycles. The van der Waals surface area contributed by atoms with Gasteiger partial charge in [-0.15, -0.1) is 0 Å². The Labute approximate surface area is 104 Å². The average molecular weight is 233 g/mol. The molecule has 1 aliphatic carbocycles. The molecule has 2 rings (SSSR count). The van der Waals surface area contributed by atoms with Crippen molar-refractivity contribution in [3.05, 3.63) is 29.3 Å². The summed E-state index contributed by atoms with van der Waals surface area (Å²) >= 11 is 0. The fourth-order valence-electron chi connectivity index (χ4n) is 2.01. The number of hydrogen-bond donors (Lipinski definition) is 1. The molecule has 0 amide bonds. The number of nitrogens with one attached hydrogen (secondary N) is 1. The molecule has 94 valence electrons. The summed E-state index contributed by atoms with van der Waals surface area (Å²) in [6, 6.07) is 6.87. The Hall–Kier alpha value is -1.02. The third-order valence-electron chi connectivity index (χ3n) is 3.61. The van der Waals surface area contributed by atoms with Gasteiger partial charge in [-0.05, 0) is 50.4 Å². The second-order valence-electron chi connectivity index (χ2n) is 5.12. The summed E-state index contributed by atoms with van der Waals surface area (Å²) in [6.45, 7) is 5.16. The third-order valence-corrected chi connectivity index (χ3v) is 3.61. The van der Waals surface area contributed by atoms with E-state index in [1.165, 1.54) is 30.4 Å². The normalized spacial score (nSPS) is 16.9. The summed E-state index contributed by atoms with van der Waals surface area (Å²) in [4.78, 5) is 0. The largest absolute Gasteiger partial charge is 0.493 e. The van der Waals surface area contributed by atoms with Gasteiger partial charge in [0.25, 0.3) is 0 Å². The number of hydrogen-bond acceptors (Lipinski definition) is 2. The molecule has 1 fully saturated rings. The quantitative estimate of drug-likeness (QED) is 0.812. The van der Waals surface area contributed by atoms with E-state index in [9.17, 15) is 0 Å². The fourth-order valence-corrected chi connectivity index (χ4v) is 2.01. The van der Waals surface area contributed by atoms with Gasteiger partial charge in [0.15, 0.2) is 0 Å². The number of rotatable bonds is 6. The van der Waals surface area contributed by atoms with E-state index < -0.39 is 0 Å². The predicted octanol–water partition coefficient (Wildman–Crippen LogP) is 3.45. The van der Waals surface area contributed by atoms with E-state index in [1.807, 2.05) is 7.05 Å². The van der Waals surface area contributed by atoms with Gasteiger partial charge in [-0.25, -0.2) is 0 Å². The SMILES string of the molecule is CNC(C)c1ccc(OCCC2CC2)c(C)c1. The first-order valence-electron chi connectivity index (χ1n) is 6.61. The zero-order valence-corrected chi connectivity index (χ0v) is 11.1. The van der Waals surface area contributed by atoms with E-state index in [0.29, 0.717) is 6.04 Å². The topological polar surface area (TPSA) is 21.3 Å². The molecule has 0 radical (unpaired) electrons. The molecule has 2 nitrogen and oxygen atoms in total. The van der Waals surface area contributed by atoms with E-state index in [4.69, 9.17) is 4.74 Å². The molecule has 1 atom stereocenters. The van der Waals surface area contributed by atoms with E-state index in [1.54, 1.807) is 0 Å². The minimum Gasteiger partial charge on any atom is -0.493 e. The van der Waals surface area contributed by atoms with Crippen molar-refractivity contribution in [2.75, 3.05) is 13.7 Å². The highest BCUT2D eigenvalue weighted by Gasteiger charge is 2.20. The van der Waals surface area contributed by atoms with Crippen molar-refractivity contribution in [2.45, 2.75) is 39.2 Å². The molecule has 0 aromatic heterocycles. The highest BCUT2D eigenvalue weighted by atomic mass is 16.5. The lowest BCUT2D eigenvalue weighted by Crippen LogP contribution is -2.12. The molecule has 1 saturated carbocycles. The van der Waals surface area contributed by atoms with Crippen LogP contribution >= 0.6 is 0 Å². The van der Waals surface area contributed by atoms with E-state index >= 15 is 0 Å². The molecule has 2 heteroatoms. The Kier molecular flexibility index (Phi) is 4.06. The Balaban J connectivity index is 1.92. The lowest BCUT2D eigenvalue weighted by atomic mass is 10.1. The van der Waals surface area contributed by atoms with Crippen LogP contribution in [0.15, 0.2) is 18.2 Å². The molecule has 0 saturated heterocycles. The Morgan fingerprint density at radius 3 is 2.76 bits per heavy atom. The van der Waals surface area contributed by atoms with Gasteiger partial charge in [-0.1, -0.05) is 25.0 Å².